The van der Waals surface area contributed by atoms with Crippen LogP contribution in [0.5, 0.6) is 0 Å². The molecule has 1 aliphatic carbocycles. The Labute approximate surface area is 196 Å². The third-order valence-corrected chi connectivity index (χ3v) is 7.81. The molecule has 3 heterocycles. The number of aliphatic hydroxyl groups is 1. The van der Waals surface area contributed by atoms with Crippen molar-refractivity contribution >= 4 is 39.1 Å². The summed E-state index contributed by atoms with van der Waals surface area (Å²) in [6.07, 6.45) is 1.91. The highest BCUT2D eigenvalue weighted by atomic mass is 32.2. The van der Waals surface area contributed by atoms with Gasteiger partial charge in [0, 0.05) is 5.92 Å². The summed E-state index contributed by atoms with van der Waals surface area (Å²) in [5.41, 5.74) is 2.77. The van der Waals surface area contributed by atoms with E-state index in [1.165, 1.54) is 11.8 Å². The normalized spacial score (nSPS) is 27.6. The zero-order valence-corrected chi connectivity index (χ0v) is 20.5. The molecule has 170 valence electrons. The molecule has 5 atom stereocenters. The molecule has 2 aliphatic rings. The number of ether oxygens (including phenoxy) is 2. The van der Waals surface area contributed by atoms with Crippen LogP contribution in [0.2, 0.25) is 0 Å². The largest absolute Gasteiger partial charge is 0.393 e. The fourth-order valence-electron chi connectivity index (χ4n) is 4.79. The number of benzene rings is 1. The number of thioether (sulfide) groups is 1. The molecule has 0 bridgehead atoms. The first kappa shape index (κ1) is 22.0. The number of rotatable bonds is 5. The Bertz CT molecular complexity index is 1120. The molecule has 0 spiro atoms. The van der Waals surface area contributed by atoms with Crippen molar-refractivity contribution in [1.82, 2.24) is 15.0 Å². The van der Waals surface area contributed by atoms with Crippen LogP contribution in [0.25, 0.3) is 20.8 Å². The van der Waals surface area contributed by atoms with Crippen molar-refractivity contribution in [2.24, 2.45) is 5.92 Å². The zero-order valence-electron chi connectivity index (χ0n) is 18.8. The second-order valence-corrected chi connectivity index (χ2v) is 10.8. The van der Waals surface area contributed by atoms with E-state index in [-0.39, 0.29) is 24.2 Å². The third-order valence-electron chi connectivity index (χ3n) is 6.21. The number of fused-ring (bicyclic) bond motifs is 2. The molecule has 1 aliphatic heterocycles. The Morgan fingerprint density at radius 3 is 2.66 bits per heavy atom. The Kier molecular flexibility index (Phi) is 5.66. The molecule has 32 heavy (non-hydrogen) atoms. The summed E-state index contributed by atoms with van der Waals surface area (Å²) in [6.45, 7) is 7.68. The average Bonchev–Trinajstić information content (AvgIpc) is 3.38. The van der Waals surface area contributed by atoms with Crippen molar-refractivity contribution in [2.75, 3.05) is 11.6 Å². The number of hydrogen-bond donors (Lipinski definition) is 2. The Morgan fingerprint density at radius 1 is 1.19 bits per heavy atom. The molecule has 1 aromatic carbocycles. The van der Waals surface area contributed by atoms with E-state index < -0.39 is 11.9 Å². The van der Waals surface area contributed by atoms with Gasteiger partial charge in [0.05, 0.1) is 39.7 Å². The average molecular weight is 473 g/mol. The maximum atomic E-state index is 10.4. The molecule has 7 nitrogen and oxygen atoms in total. The highest BCUT2D eigenvalue weighted by Crippen LogP contribution is 2.45. The molecule has 5 rings (SSSR count). The van der Waals surface area contributed by atoms with Gasteiger partial charge in [-0.05, 0) is 52.5 Å². The van der Waals surface area contributed by atoms with Crippen LogP contribution in [0, 0.1) is 12.8 Å². The first-order chi connectivity index (χ1) is 15.3. The number of hydrogen-bond acceptors (Lipinski definition) is 9. The highest BCUT2D eigenvalue weighted by molar-refractivity contribution is 7.98. The first-order valence-electron chi connectivity index (χ1n) is 10.8. The molecule has 2 aromatic heterocycles. The molecule has 2 fully saturated rings. The second-order valence-electron chi connectivity index (χ2n) is 8.96. The van der Waals surface area contributed by atoms with Crippen LogP contribution < -0.4 is 5.32 Å². The maximum absolute atomic E-state index is 10.4. The highest BCUT2D eigenvalue weighted by Gasteiger charge is 2.55. The zero-order chi connectivity index (χ0) is 22.6. The Hall–Kier alpha value is -1.78. The topological polar surface area (TPSA) is 89.4 Å². The van der Waals surface area contributed by atoms with Gasteiger partial charge in [-0.1, -0.05) is 23.9 Å². The molecule has 2 N–H and O–H groups in total. The van der Waals surface area contributed by atoms with E-state index in [2.05, 4.69) is 16.4 Å². The monoisotopic (exact) mass is 472 g/mol. The molecule has 1 saturated heterocycles. The van der Waals surface area contributed by atoms with Gasteiger partial charge < -0.3 is 19.9 Å². The number of aliphatic hydroxyl groups excluding tert-OH is 1. The van der Waals surface area contributed by atoms with Crippen molar-refractivity contribution in [1.29, 1.82) is 0 Å². The lowest BCUT2D eigenvalue weighted by molar-refractivity contribution is -0.161. The molecule has 3 aromatic rings. The van der Waals surface area contributed by atoms with E-state index in [0.717, 1.165) is 38.7 Å². The standard InChI is InChI=1S/C23H28N4O3S2/c1-11-17(21-26-14-8-6-7-9-16(14)32-21)20(27-22(24-11)31-5)25-15-10-13(12(2)28)18-19(15)30-23(3,4)29-18/h6-9,12-13,15,18-19,28H,10H2,1-5H3,(H,24,25,27)/t12?,13?,15-,18-,19+/m1/s1. The van der Waals surface area contributed by atoms with Crippen LogP contribution in [-0.2, 0) is 9.47 Å². The lowest BCUT2D eigenvalue weighted by atomic mass is 9.99. The number of thiazole rings is 1. The quantitative estimate of drug-likeness (QED) is 0.415. The summed E-state index contributed by atoms with van der Waals surface area (Å²) >= 11 is 3.15. The minimum absolute atomic E-state index is 0.00636. The fraction of sp³-hybridized carbons (Fsp3) is 0.522. The van der Waals surface area contributed by atoms with Crippen molar-refractivity contribution in [3.05, 3.63) is 30.0 Å². The van der Waals surface area contributed by atoms with E-state index in [4.69, 9.17) is 19.4 Å². The van der Waals surface area contributed by atoms with Crippen LogP contribution in [0.1, 0.15) is 32.9 Å². The van der Waals surface area contributed by atoms with Crippen molar-refractivity contribution in [2.45, 2.75) is 69.4 Å². The molecular weight excluding hydrogens is 444 g/mol. The summed E-state index contributed by atoms with van der Waals surface area (Å²) in [5.74, 6) is 0.0716. The maximum Gasteiger partial charge on any atom is 0.189 e. The van der Waals surface area contributed by atoms with Gasteiger partial charge in [0.15, 0.2) is 10.9 Å². The summed E-state index contributed by atoms with van der Waals surface area (Å²) in [5, 5.41) is 15.6. The van der Waals surface area contributed by atoms with Crippen molar-refractivity contribution in [3.8, 4) is 10.6 Å². The predicted molar refractivity (Wildman–Crippen MR) is 128 cm³/mol. The summed E-state index contributed by atoms with van der Waals surface area (Å²) < 4.78 is 13.6. The molecule has 9 heteroatoms. The minimum atomic E-state index is -0.676. The lowest BCUT2D eigenvalue weighted by Crippen LogP contribution is -2.35. The minimum Gasteiger partial charge on any atom is -0.393 e. The van der Waals surface area contributed by atoms with E-state index in [0.29, 0.717) is 5.16 Å². The van der Waals surface area contributed by atoms with Crippen molar-refractivity contribution in [3.63, 3.8) is 0 Å². The SMILES string of the molecule is CSc1nc(C)c(-c2nc3ccccc3s2)c(N[C@@H]2CC(C(C)O)[C@H]3OC(C)(C)O[C@H]32)n1. The van der Waals surface area contributed by atoms with Crippen LogP contribution in [-0.4, -0.2) is 56.5 Å². The van der Waals surface area contributed by atoms with E-state index >= 15 is 0 Å². The number of aryl methyl sites for hydroxylation is 1. The number of aromatic nitrogens is 3. The summed E-state index contributed by atoms with van der Waals surface area (Å²) in [7, 11) is 0. The van der Waals surface area contributed by atoms with Gasteiger partial charge in [-0.15, -0.1) is 11.3 Å². The molecule has 1 saturated carbocycles. The Balaban J connectivity index is 1.55. The van der Waals surface area contributed by atoms with Gasteiger partial charge in [0.2, 0.25) is 0 Å². The summed E-state index contributed by atoms with van der Waals surface area (Å²) in [4.78, 5) is 14.4. The van der Waals surface area contributed by atoms with Gasteiger partial charge in [-0.3, -0.25) is 0 Å². The predicted octanol–water partition coefficient (Wildman–Crippen LogP) is 4.48. The van der Waals surface area contributed by atoms with Crippen LogP contribution >= 0.6 is 23.1 Å². The van der Waals surface area contributed by atoms with Crippen LogP contribution in [0.3, 0.4) is 0 Å². The summed E-state index contributed by atoms with van der Waals surface area (Å²) in [6, 6.07) is 8.08. The molecule has 0 amide bonds. The number of anilines is 1. The van der Waals surface area contributed by atoms with E-state index in [1.807, 2.05) is 52.1 Å². The van der Waals surface area contributed by atoms with Gasteiger partial charge in [0.1, 0.15) is 16.9 Å². The van der Waals surface area contributed by atoms with E-state index in [1.54, 1.807) is 11.3 Å². The number of nitrogens with zero attached hydrogens (tertiary/aromatic N) is 3. The molecular formula is C23H28N4O3S2. The smallest absolute Gasteiger partial charge is 0.189 e. The van der Waals surface area contributed by atoms with Crippen molar-refractivity contribution < 1.29 is 14.6 Å². The van der Waals surface area contributed by atoms with Crippen LogP contribution in [0.4, 0.5) is 5.82 Å². The van der Waals surface area contributed by atoms with Gasteiger partial charge in [0.25, 0.3) is 0 Å². The second kappa shape index (κ2) is 8.22. The number of para-hydroxylation sites is 1. The van der Waals surface area contributed by atoms with E-state index in [9.17, 15) is 5.11 Å². The first-order valence-corrected chi connectivity index (χ1v) is 12.9. The third kappa shape index (κ3) is 3.90. The number of nitrogens with one attached hydrogen (secondary N) is 1. The molecule has 0 radical (unpaired) electrons. The van der Waals surface area contributed by atoms with Gasteiger partial charge in [-0.25, -0.2) is 15.0 Å². The lowest BCUT2D eigenvalue weighted by Gasteiger charge is -2.25. The van der Waals surface area contributed by atoms with Gasteiger partial charge in [-0.2, -0.15) is 0 Å². The Morgan fingerprint density at radius 2 is 1.94 bits per heavy atom. The van der Waals surface area contributed by atoms with Crippen LogP contribution in [0.15, 0.2) is 29.4 Å². The van der Waals surface area contributed by atoms with Gasteiger partial charge >= 0.3 is 0 Å². The fourth-order valence-corrected chi connectivity index (χ4v) is 6.26. The molecule has 2 unspecified atom stereocenters.